The number of aryl methyl sites for hydroxylation is 4. The van der Waals surface area contributed by atoms with Crippen LogP contribution in [0.15, 0.2) is 17.5 Å². The second-order valence-corrected chi connectivity index (χ2v) is 6.33. The van der Waals surface area contributed by atoms with E-state index in [1.165, 1.54) is 28.0 Å². The number of carboxylic acids is 1. The monoisotopic (exact) mass is 315 g/mol. The zero-order valence-corrected chi connectivity index (χ0v) is 13.6. The van der Waals surface area contributed by atoms with Gasteiger partial charge in [-0.1, -0.05) is 6.07 Å². The molecule has 1 N–H and O–H groups in total. The highest BCUT2D eigenvalue weighted by atomic mass is 32.1. The third-order valence-corrected chi connectivity index (χ3v) is 4.62. The maximum atomic E-state index is 10.7. The smallest absolute Gasteiger partial charge is 0.303 e. The van der Waals surface area contributed by atoms with E-state index in [2.05, 4.69) is 43.0 Å². The van der Waals surface area contributed by atoms with Gasteiger partial charge in [0.25, 0.3) is 0 Å². The van der Waals surface area contributed by atoms with Crippen LogP contribution < -0.4 is 0 Å². The third-order valence-electron chi connectivity index (χ3n) is 3.80. The van der Waals surface area contributed by atoms with Gasteiger partial charge in [-0.3, -0.25) is 4.79 Å². The molecule has 114 valence electrons. The van der Waals surface area contributed by atoms with Gasteiger partial charge in [-0.2, -0.15) is 0 Å². The molecular weight excluding hydrogens is 298 g/mol. The first kappa shape index (κ1) is 14.7. The SMILES string of the molecule is Cc1cc(C)c(-c2csc3nc(CCC(=O)O)nn23)cc1C. The summed E-state index contributed by atoms with van der Waals surface area (Å²) in [7, 11) is 0. The molecule has 0 saturated carbocycles. The van der Waals surface area contributed by atoms with Gasteiger partial charge in [-0.05, 0) is 43.5 Å². The van der Waals surface area contributed by atoms with Crippen LogP contribution in [0.1, 0.15) is 28.9 Å². The lowest BCUT2D eigenvalue weighted by Gasteiger charge is -2.08. The summed E-state index contributed by atoms with van der Waals surface area (Å²) in [4.78, 5) is 15.9. The van der Waals surface area contributed by atoms with Crippen LogP contribution in [0, 0.1) is 20.8 Å². The molecule has 0 fully saturated rings. The van der Waals surface area contributed by atoms with E-state index in [1.54, 1.807) is 0 Å². The van der Waals surface area contributed by atoms with Crippen molar-refractivity contribution in [1.82, 2.24) is 14.6 Å². The number of nitrogens with zero attached hydrogens (tertiary/aromatic N) is 3. The first-order valence-corrected chi connectivity index (χ1v) is 7.97. The molecule has 0 spiro atoms. The fourth-order valence-corrected chi connectivity index (χ4v) is 3.31. The molecule has 1 aromatic carbocycles. The highest BCUT2D eigenvalue weighted by Crippen LogP contribution is 2.29. The van der Waals surface area contributed by atoms with Crippen molar-refractivity contribution < 1.29 is 9.90 Å². The molecule has 0 atom stereocenters. The van der Waals surface area contributed by atoms with Gasteiger partial charge < -0.3 is 5.11 Å². The molecule has 0 radical (unpaired) electrons. The fraction of sp³-hybridized carbons (Fsp3) is 0.312. The minimum atomic E-state index is -0.830. The van der Waals surface area contributed by atoms with E-state index in [0.29, 0.717) is 12.2 Å². The van der Waals surface area contributed by atoms with Crippen LogP contribution in [0.3, 0.4) is 0 Å². The van der Waals surface area contributed by atoms with Crippen molar-refractivity contribution in [2.45, 2.75) is 33.6 Å². The standard InChI is InChI=1S/C16H17N3O2S/c1-9-6-11(3)12(7-10(9)2)13-8-22-16-17-14(18-19(13)16)4-5-15(20)21/h6-8H,4-5H2,1-3H3,(H,20,21). The average molecular weight is 315 g/mol. The zero-order chi connectivity index (χ0) is 15.9. The summed E-state index contributed by atoms with van der Waals surface area (Å²) in [6.45, 7) is 6.30. The second-order valence-electron chi connectivity index (χ2n) is 5.49. The van der Waals surface area contributed by atoms with Crippen molar-refractivity contribution in [1.29, 1.82) is 0 Å². The predicted molar refractivity (Wildman–Crippen MR) is 86.5 cm³/mol. The summed E-state index contributed by atoms with van der Waals surface area (Å²) < 4.78 is 1.82. The molecule has 0 unspecified atom stereocenters. The number of hydrogen-bond donors (Lipinski definition) is 1. The summed E-state index contributed by atoms with van der Waals surface area (Å²) in [6, 6.07) is 4.35. The molecule has 0 amide bonds. The number of aliphatic carboxylic acids is 1. The molecule has 2 aromatic heterocycles. The van der Waals surface area contributed by atoms with E-state index in [0.717, 1.165) is 16.2 Å². The van der Waals surface area contributed by atoms with Crippen molar-refractivity contribution in [3.63, 3.8) is 0 Å². The first-order valence-electron chi connectivity index (χ1n) is 7.09. The summed E-state index contributed by atoms with van der Waals surface area (Å²) in [6.07, 6.45) is 0.408. The summed E-state index contributed by atoms with van der Waals surface area (Å²) >= 11 is 1.52. The molecule has 0 aliphatic heterocycles. The average Bonchev–Trinajstić information content (AvgIpc) is 3.00. The van der Waals surface area contributed by atoms with E-state index >= 15 is 0 Å². The highest BCUT2D eigenvalue weighted by molar-refractivity contribution is 7.15. The number of rotatable bonds is 4. The van der Waals surface area contributed by atoms with E-state index in [1.807, 2.05) is 9.90 Å². The molecule has 6 heteroatoms. The Bertz CT molecular complexity index is 864. The molecule has 5 nitrogen and oxygen atoms in total. The van der Waals surface area contributed by atoms with Gasteiger partial charge in [-0.25, -0.2) is 9.50 Å². The van der Waals surface area contributed by atoms with Crippen LogP contribution >= 0.6 is 11.3 Å². The van der Waals surface area contributed by atoms with Crippen molar-refractivity contribution in [3.05, 3.63) is 40.0 Å². The van der Waals surface area contributed by atoms with E-state index in [4.69, 9.17) is 5.11 Å². The Morgan fingerprint density at radius 3 is 2.68 bits per heavy atom. The van der Waals surface area contributed by atoms with Gasteiger partial charge in [0.15, 0.2) is 5.82 Å². The number of thiazole rings is 1. The number of hydrogen-bond acceptors (Lipinski definition) is 4. The van der Waals surface area contributed by atoms with Gasteiger partial charge in [0.1, 0.15) is 0 Å². The number of aromatic nitrogens is 3. The number of carbonyl (C=O) groups is 1. The third kappa shape index (κ3) is 2.62. The number of carboxylic acid groups (broad SMARTS) is 1. The van der Waals surface area contributed by atoms with Crippen molar-refractivity contribution >= 4 is 22.3 Å². The molecule has 3 aromatic rings. The second kappa shape index (κ2) is 5.53. The van der Waals surface area contributed by atoms with Crippen LogP contribution in [0.25, 0.3) is 16.2 Å². The van der Waals surface area contributed by atoms with E-state index < -0.39 is 5.97 Å². The maximum Gasteiger partial charge on any atom is 0.303 e. The Labute approximate surface area is 132 Å². The normalized spacial score (nSPS) is 11.2. The largest absolute Gasteiger partial charge is 0.481 e. The number of fused-ring (bicyclic) bond motifs is 1. The van der Waals surface area contributed by atoms with Crippen LogP contribution in [0.5, 0.6) is 0 Å². The summed E-state index contributed by atoms with van der Waals surface area (Å²) in [5, 5.41) is 15.3. The fourth-order valence-electron chi connectivity index (χ4n) is 2.47. The van der Waals surface area contributed by atoms with Crippen molar-refractivity contribution in [2.75, 3.05) is 0 Å². The van der Waals surface area contributed by atoms with Gasteiger partial charge in [0.2, 0.25) is 4.96 Å². The maximum absolute atomic E-state index is 10.7. The summed E-state index contributed by atoms with van der Waals surface area (Å²) in [5.74, 6) is -0.250. The minimum Gasteiger partial charge on any atom is -0.481 e. The Morgan fingerprint density at radius 1 is 1.23 bits per heavy atom. The molecule has 0 bridgehead atoms. The molecular formula is C16H17N3O2S. The van der Waals surface area contributed by atoms with Gasteiger partial charge >= 0.3 is 5.97 Å². The van der Waals surface area contributed by atoms with Crippen LogP contribution in [-0.4, -0.2) is 25.7 Å². The Morgan fingerprint density at radius 2 is 1.95 bits per heavy atom. The highest BCUT2D eigenvalue weighted by Gasteiger charge is 2.14. The molecule has 2 heterocycles. The minimum absolute atomic E-state index is 0.0514. The lowest BCUT2D eigenvalue weighted by molar-refractivity contribution is -0.137. The summed E-state index contributed by atoms with van der Waals surface area (Å²) in [5.41, 5.74) is 5.86. The van der Waals surface area contributed by atoms with Crippen LogP contribution in [0.4, 0.5) is 0 Å². The Balaban J connectivity index is 2.04. The topological polar surface area (TPSA) is 67.5 Å². The van der Waals surface area contributed by atoms with Crippen molar-refractivity contribution in [2.24, 2.45) is 0 Å². The molecule has 22 heavy (non-hydrogen) atoms. The predicted octanol–water partition coefficient (Wildman–Crippen LogP) is 3.40. The van der Waals surface area contributed by atoms with Crippen molar-refractivity contribution in [3.8, 4) is 11.3 Å². The lowest BCUT2D eigenvalue weighted by atomic mass is 9.99. The Kier molecular flexibility index (Phi) is 3.70. The van der Waals surface area contributed by atoms with E-state index in [9.17, 15) is 4.79 Å². The van der Waals surface area contributed by atoms with Gasteiger partial charge in [0, 0.05) is 17.4 Å². The van der Waals surface area contributed by atoms with Crippen LogP contribution in [-0.2, 0) is 11.2 Å². The number of benzene rings is 1. The van der Waals surface area contributed by atoms with Gasteiger partial charge in [0.05, 0.1) is 12.1 Å². The molecule has 0 saturated heterocycles. The Hall–Kier alpha value is -2.21. The molecule has 0 aliphatic carbocycles. The van der Waals surface area contributed by atoms with E-state index in [-0.39, 0.29) is 6.42 Å². The van der Waals surface area contributed by atoms with Crippen LogP contribution in [0.2, 0.25) is 0 Å². The lowest BCUT2D eigenvalue weighted by Crippen LogP contribution is -1.99. The van der Waals surface area contributed by atoms with Gasteiger partial charge in [-0.15, -0.1) is 16.4 Å². The quantitative estimate of drug-likeness (QED) is 0.801. The zero-order valence-electron chi connectivity index (χ0n) is 12.8. The molecule has 0 aliphatic rings. The first-order chi connectivity index (χ1) is 10.5. The molecule has 3 rings (SSSR count).